The van der Waals surface area contributed by atoms with E-state index >= 15 is 0 Å². The van der Waals surface area contributed by atoms with E-state index in [0.29, 0.717) is 11.8 Å². The van der Waals surface area contributed by atoms with Crippen LogP contribution in [0.3, 0.4) is 0 Å². The SMILES string of the molecule is O=C1CC2CCCCCN2c2ccccc21. The van der Waals surface area contributed by atoms with Crippen LogP contribution in [0.1, 0.15) is 42.5 Å². The Morgan fingerprint density at radius 2 is 2.00 bits per heavy atom. The number of hydrogen-bond acceptors (Lipinski definition) is 2. The second-order valence-corrected chi connectivity index (χ2v) is 4.84. The second kappa shape index (κ2) is 3.93. The average Bonchev–Trinajstić information content (AvgIpc) is 2.55. The third-order valence-electron chi connectivity index (χ3n) is 3.81. The van der Waals surface area contributed by atoms with Gasteiger partial charge < -0.3 is 4.90 Å². The molecule has 2 heteroatoms. The number of carbonyl (C=O) groups is 1. The van der Waals surface area contributed by atoms with Crippen LogP contribution in [0.5, 0.6) is 0 Å². The summed E-state index contributed by atoms with van der Waals surface area (Å²) in [5.41, 5.74) is 2.10. The molecule has 1 aromatic carbocycles. The van der Waals surface area contributed by atoms with E-state index in [9.17, 15) is 4.79 Å². The van der Waals surface area contributed by atoms with Crippen molar-refractivity contribution in [3.63, 3.8) is 0 Å². The molecule has 0 spiro atoms. The fraction of sp³-hybridized carbons (Fsp3) is 0.500. The van der Waals surface area contributed by atoms with Gasteiger partial charge in [-0.2, -0.15) is 0 Å². The summed E-state index contributed by atoms with van der Waals surface area (Å²) in [6.45, 7) is 1.12. The summed E-state index contributed by atoms with van der Waals surface area (Å²) in [6, 6.07) is 8.54. The summed E-state index contributed by atoms with van der Waals surface area (Å²) in [5.74, 6) is 0.332. The van der Waals surface area contributed by atoms with E-state index in [-0.39, 0.29) is 0 Å². The Balaban J connectivity index is 2.04. The van der Waals surface area contributed by atoms with Crippen LogP contribution in [0, 0.1) is 0 Å². The van der Waals surface area contributed by atoms with Crippen LogP contribution in [0.4, 0.5) is 5.69 Å². The predicted octanol–water partition coefficient (Wildman–Crippen LogP) is 3.02. The summed E-state index contributed by atoms with van der Waals surface area (Å²) < 4.78 is 0. The molecule has 16 heavy (non-hydrogen) atoms. The maximum absolute atomic E-state index is 12.0. The van der Waals surface area contributed by atoms with Crippen molar-refractivity contribution in [1.29, 1.82) is 0 Å². The van der Waals surface area contributed by atoms with Gasteiger partial charge in [-0.1, -0.05) is 25.0 Å². The molecule has 0 aromatic heterocycles. The molecule has 0 amide bonds. The maximum Gasteiger partial charge on any atom is 0.167 e. The molecule has 2 nitrogen and oxygen atoms in total. The lowest BCUT2D eigenvalue weighted by atomic mass is 9.93. The first-order chi connectivity index (χ1) is 7.86. The largest absolute Gasteiger partial charge is 0.368 e. The number of benzene rings is 1. The third-order valence-corrected chi connectivity index (χ3v) is 3.81. The van der Waals surface area contributed by atoms with Crippen molar-refractivity contribution in [2.45, 2.75) is 38.1 Å². The molecule has 1 aromatic rings. The zero-order valence-electron chi connectivity index (χ0n) is 9.48. The van der Waals surface area contributed by atoms with E-state index in [0.717, 1.165) is 18.5 Å². The summed E-state index contributed by atoms with van der Waals surface area (Å²) in [4.78, 5) is 14.5. The first-order valence-electron chi connectivity index (χ1n) is 6.25. The number of anilines is 1. The van der Waals surface area contributed by atoms with Gasteiger partial charge in [-0.3, -0.25) is 4.79 Å². The highest BCUT2D eigenvalue weighted by atomic mass is 16.1. The van der Waals surface area contributed by atoms with E-state index < -0.39 is 0 Å². The minimum absolute atomic E-state index is 0.332. The van der Waals surface area contributed by atoms with E-state index in [1.165, 1.54) is 31.4 Å². The Hall–Kier alpha value is -1.31. The summed E-state index contributed by atoms with van der Waals surface area (Å²) in [7, 11) is 0. The van der Waals surface area contributed by atoms with E-state index in [1.54, 1.807) is 0 Å². The fourth-order valence-corrected chi connectivity index (χ4v) is 2.99. The molecular formula is C14H17NO. The minimum Gasteiger partial charge on any atom is -0.368 e. The van der Waals surface area contributed by atoms with Gasteiger partial charge in [0.25, 0.3) is 0 Å². The molecule has 84 valence electrons. The Morgan fingerprint density at radius 1 is 1.12 bits per heavy atom. The normalized spacial score (nSPS) is 24.6. The lowest BCUT2D eigenvalue weighted by molar-refractivity contribution is 0.0965. The van der Waals surface area contributed by atoms with Crippen molar-refractivity contribution >= 4 is 11.5 Å². The number of carbonyl (C=O) groups excluding carboxylic acids is 1. The van der Waals surface area contributed by atoms with Crippen LogP contribution in [-0.4, -0.2) is 18.4 Å². The minimum atomic E-state index is 0.332. The van der Waals surface area contributed by atoms with E-state index in [2.05, 4.69) is 11.0 Å². The number of para-hydroxylation sites is 1. The van der Waals surface area contributed by atoms with Crippen LogP contribution in [-0.2, 0) is 0 Å². The average molecular weight is 215 g/mol. The highest BCUT2D eigenvalue weighted by molar-refractivity contribution is 6.03. The van der Waals surface area contributed by atoms with Crippen LogP contribution in [0.2, 0.25) is 0 Å². The Kier molecular flexibility index (Phi) is 2.43. The number of hydrogen-bond donors (Lipinski definition) is 0. The smallest absolute Gasteiger partial charge is 0.167 e. The fourth-order valence-electron chi connectivity index (χ4n) is 2.99. The lowest BCUT2D eigenvalue weighted by Gasteiger charge is -2.36. The van der Waals surface area contributed by atoms with E-state index in [1.807, 2.05) is 18.2 Å². The summed E-state index contributed by atoms with van der Waals surface area (Å²) in [6.07, 6.45) is 5.75. The Morgan fingerprint density at radius 3 is 2.94 bits per heavy atom. The molecule has 0 N–H and O–H groups in total. The summed E-state index contributed by atoms with van der Waals surface area (Å²) >= 11 is 0. The van der Waals surface area contributed by atoms with Gasteiger partial charge in [-0.25, -0.2) is 0 Å². The van der Waals surface area contributed by atoms with Crippen molar-refractivity contribution in [1.82, 2.24) is 0 Å². The molecule has 1 atom stereocenters. The van der Waals surface area contributed by atoms with Gasteiger partial charge in [0.2, 0.25) is 0 Å². The van der Waals surface area contributed by atoms with Gasteiger partial charge >= 0.3 is 0 Å². The van der Waals surface area contributed by atoms with Gasteiger partial charge in [-0.15, -0.1) is 0 Å². The third kappa shape index (κ3) is 1.53. The van der Waals surface area contributed by atoms with Crippen LogP contribution in [0.25, 0.3) is 0 Å². The molecule has 0 aliphatic carbocycles. The molecule has 2 aliphatic rings. The molecule has 3 rings (SSSR count). The van der Waals surface area contributed by atoms with Crippen molar-refractivity contribution in [3.05, 3.63) is 29.8 Å². The van der Waals surface area contributed by atoms with Crippen molar-refractivity contribution in [2.24, 2.45) is 0 Å². The maximum atomic E-state index is 12.0. The number of Topliss-reactive ketones (excluding diaryl/α,β-unsaturated/α-hetero) is 1. The first kappa shape index (κ1) is 9.88. The van der Waals surface area contributed by atoms with Crippen LogP contribution < -0.4 is 4.90 Å². The molecule has 0 saturated carbocycles. The Labute approximate surface area is 96.3 Å². The lowest BCUT2D eigenvalue weighted by Crippen LogP contribution is -2.41. The standard InChI is InChI=1S/C14H17NO/c16-14-10-11-6-2-1-5-9-15(11)13-8-4-3-7-12(13)14/h3-4,7-8,11H,1-2,5-6,9-10H2. The molecule has 1 saturated heterocycles. The van der Waals surface area contributed by atoms with Gasteiger partial charge in [0.05, 0.1) is 0 Å². The molecule has 1 fully saturated rings. The van der Waals surface area contributed by atoms with E-state index in [4.69, 9.17) is 0 Å². The van der Waals surface area contributed by atoms with Gasteiger partial charge in [0.1, 0.15) is 0 Å². The molecular weight excluding hydrogens is 198 g/mol. The number of rotatable bonds is 0. The number of fused-ring (bicyclic) bond motifs is 3. The highest BCUT2D eigenvalue weighted by Gasteiger charge is 2.31. The number of ketones is 1. The Bertz CT molecular complexity index is 413. The molecule has 2 heterocycles. The first-order valence-corrected chi connectivity index (χ1v) is 6.25. The summed E-state index contributed by atoms with van der Waals surface area (Å²) in [5, 5.41) is 0. The quantitative estimate of drug-likeness (QED) is 0.663. The molecule has 1 unspecified atom stereocenters. The predicted molar refractivity (Wildman–Crippen MR) is 65.0 cm³/mol. The van der Waals surface area contributed by atoms with Crippen LogP contribution >= 0.6 is 0 Å². The highest BCUT2D eigenvalue weighted by Crippen LogP contribution is 2.34. The van der Waals surface area contributed by atoms with Crippen molar-refractivity contribution in [2.75, 3.05) is 11.4 Å². The van der Waals surface area contributed by atoms with Crippen LogP contribution in [0.15, 0.2) is 24.3 Å². The second-order valence-electron chi connectivity index (χ2n) is 4.84. The molecule has 0 bridgehead atoms. The van der Waals surface area contributed by atoms with Crippen molar-refractivity contribution < 1.29 is 4.79 Å². The number of nitrogens with zero attached hydrogens (tertiary/aromatic N) is 1. The van der Waals surface area contributed by atoms with Gasteiger partial charge in [0, 0.05) is 30.3 Å². The van der Waals surface area contributed by atoms with Crippen molar-refractivity contribution in [3.8, 4) is 0 Å². The molecule has 2 aliphatic heterocycles. The zero-order valence-corrected chi connectivity index (χ0v) is 9.48. The zero-order chi connectivity index (χ0) is 11.0. The topological polar surface area (TPSA) is 20.3 Å². The monoisotopic (exact) mass is 215 g/mol. The van der Waals surface area contributed by atoms with Gasteiger partial charge in [-0.05, 0) is 25.0 Å². The molecule has 0 radical (unpaired) electrons. The van der Waals surface area contributed by atoms with Gasteiger partial charge in [0.15, 0.2) is 5.78 Å².